The normalized spacial score (nSPS) is 10.9. The number of esters is 1. The maximum absolute atomic E-state index is 12.6. The molecule has 0 saturated heterocycles. The molecule has 176 valence electrons. The van der Waals surface area contributed by atoms with Crippen LogP contribution in [0.4, 0.5) is 0 Å². The number of ketones is 1. The van der Waals surface area contributed by atoms with E-state index in [2.05, 4.69) is 6.58 Å². The van der Waals surface area contributed by atoms with Gasteiger partial charge in [-0.25, -0.2) is 4.79 Å². The lowest BCUT2D eigenvalue weighted by Crippen LogP contribution is -2.13. The first kappa shape index (κ1) is 26.2. The quantitative estimate of drug-likeness (QED) is 0.180. The number of hydrogen-bond donors (Lipinski definition) is 1. The number of allylic oxidation sites excluding steroid dienone is 1. The lowest BCUT2D eigenvalue weighted by Gasteiger charge is -2.06. The van der Waals surface area contributed by atoms with Crippen LogP contribution < -0.4 is 0 Å². The minimum atomic E-state index is -0.478. The number of ether oxygens (including phenoxy) is 4. The van der Waals surface area contributed by atoms with Gasteiger partial charge in [0, 0.05) is 17.2 Å². The van der Waals surface area contributed by atoms with Crippen molar-refractivity contribution in [2.75, 3.05) is 52.9 Å². The van der Waals surface area contributed by atoms with Crippen LogP contribution in [-0.2, 0) is 23.7 Å². The summed E-state index contributed by atoms with van der Waals surface area (Å²) in [5.41, 5.74) is 2.52. The predicted octanol–water partition coefficient (Wildman–Crippen LogP) is 3.18. The van der Waals surface area contributed by atoms with Crippen molar-refractivity contribution >= 4 is 23.4 Å². The van der Waals surface area contributed by atoms with Crippen molar-refractivity contribution in [1.29, 1.82) is 0 Å². The number of aliphatic hydroxyl groups is 1. The molecule has 2 aromatic carbocycles. The summed E-state index contributed by atoms with van der Waals surface area (Å²) in [7, 11) is 0. The summed E-state index contributed by atoms with van der Waals surface area (Å²) < 4.78 is 20.7. The monoisotopic (exact) mass is 454 g/mol. The van der Waals surface area contributed by atoms with E-state index in [9.17, 15) is 9.59 Å². The van der Waals surface area contributed by atoms with Gasteiger partial charge in [0.1, 0.15) is 6.61 Å². The van der Waals surface area contributed by atoms with Gasteiger partial charge in [-0.05, 0) is 17.2 Å². The van der Waals surface area contributed by atoms with E-state index < -0.39 is 5.97 Å². The molecule has 0 fully saturated rings. The minimum absolute atomic E-state index is 0.00397. The third-order valence-electron chi connectivity index (χ3n) is 4.43. The first-order valence-corrected chi connectivity index (χ1v) is 10.7. The van der Waals surface area contributed by atoms with Crippen molar-refractivity contribution in [2.45, 2.75) is 0 Å². The van der Waals surface area contributed by atoms with Crippen molar-refractivity contribution in [1.82, 2.24) is 0 Å². The fourth-order valence-corrected chi connectivity index (χ4v) is 2.71. The Morgan fingerprint density at radius 1 is 0.758 bits per heavy atom. The Hall–Kier alpha value is -3.10. The zero-order valence-electron chi connectivity index (χ0n) is 18.6. The van der Waals surface area contributed by atoms with E-state index in [4.69, 9.17) is 24.1 Å². The largest absolute Gasteiger partial charge is 0.460 e. The van der Waals surface area contributed by atoms with E-state index in [1.807, 2.05) is 30.3 Å². The molecule has 0 radical (unpaired) electrons. The topological polar surface area (TPSA) is 91.3 Å². The molecule has 0 saturated carbocycles. The Morgan fingerprint density at radius 2 is 1.33 bits per heavy atom. The molecular weight excluding hydrogens is 424 g/mol. The Kier molecular flexibility index (Phi) is 12.4. The van der Waals surface area contributed by atoms with Crippen LogP contribution in [-0.4, -0.2) is 69.7 Å². The van der Waals surface area contributed by atoms with Gasteiger partial charge in [-0.15, -0.1) is 0 Å². The molecule has 0 aliphatic rings. The Labute approximate surface area is 194 Å². The van der Waals surface area contributed by atoms with Gasteiger partial charge < -0.3 is 24.1 Å². The van der Waals surface area contributed by atoms with Crippen molar-refractivity contribution in [3.8, 4) is 0 Å². The highest BCUT2D eigenvalue weighted by Gasteiger charge is 2.11. The highest BCUT2D eigenvalue weighted by Crippen LogP contribution is 2.18. The Morgan fingerprint density at radius 3 is 1.94 bits per heavy atom. The summed E-state index contributed by atoms with van der Waals surface area (Å²) in [4.78, 5) is 24.4. The fourth-order valence-electron chi connectivity index (χ4n) is 2.71. The van der Waals surface area contributed by atoms with E-state index in [0.717, 1.165) is 11.1 Å². The van der Waals surface area contributed by atoms with E-state index in [1.54, 1.807) is 30.3 Å². The number of rotatable bonds is 16. The molecule has 7 nitrogen and oxygen atoms in total. The molecule has 0 aromatic heterocycles. The zero-order valence-corrected chi connectivity index (χ0v) is 18.6. The van der Waals surface area contributed by atoms with Gasteiger partial charge in [0.2, 0.25) is 0 Å². The van der Waals surface area contributed by atoms with Gasteiger partial charge in [0.25, 0.3) is 0 Å². The predicted molar refractivity (Wildman–Crippen MR) is 126 cm³/mol. The summed E-state index contributed by atoms with van der Waals surface area (Å²) in [6.45, 7) is 6.25. The molecule has 2 rings (SSSR count). The lowest BCUT2D eigenvalue weighted by atomic mass is 9.97. The highest BCUT2D eigenvalue weighted by atomic mass is 16.6. The average molecular weight is 455 g/mol. The molecule has 2 aromatic rings. The summed E-state index contributed by atoms with van der Waals surface area (Å²) in [5.74, 6) is -0.620. The Balaban J connectivity index is 1.63. The van der Waals surface area contributed by atoms with Crippen LogP contribution in [0.2, 0.25) is 0 Å². The second-order valence-electron chi connectivity index (χ2n) is 6.86. The van der Waals surface area contributed by atoms with Gasteiger partial charge in [-0.1, -0.05) is 61.2 Å². The van der Waals surface area contributed by atoms with Crippen molar-refractivity contribution in [3.05, 3.63) is 83.9 Å². The third kappa shape index (κ3) is 10.4. The van der Waals surface area contributed by atoms with Crippen molar-refractivity contribution in [3.63, 3.8) is 0 Å². The average Bonchev–Trinajstić information content (AvgIpc) is 2.86. The van der Waals surface area contributed by atoms with E-state index in [1.165, 1.54) is 6.08 Å². The molecule has 0 bridgehead atoms. The smallest absolute Gasteiger partial charge is 0.330 e. The molecule has 0 heterocycles. The standard InChI is InChI=1S/C26H30O7/c1-21(23-5-3-2-4-6-23)26(29)24-10-7-22(8-11-24)9-12-25(28)33-20-19-32-18-17-31-16-15-30-14-13-27/h2-12,27H,1,13-20H2/b12-9+. The SMILES string of the molecule is C=C(C(=O)c1ccc(/C=C/C(=O)OCCOCCOCCOCCO)cc1)c1ccccc1. The van der Waals surface area contributed by atoms with Crippen LogP contribution >= 0.6 is 0 Å². The molecule has 0 unspecified atom stereocenters. The van der Waals surface area contributed by atoms with Gasteiger partial charge >= 0.3 is 5.97 Å². The number of benzene rings is 2. The number of carbonyl (C=O) groups excluding carboxylic acids is 2. The molecule has 0 aliphatic carbocycles. The van der Waals surface area contributed by atoms with Gasteiger partial charge in [0.15, 0.2) is 5.78 Å². The van der Waals surface area contributed by atoms with E-state index in [0.29, 0.717) is 44.2 Å². The summed E-state index contributed by atoms with van der Waals surface area (Å²) >= 11 is 0. The van der Waals surface area contributed by atoms with Crippen molar-refractivity contribution in [2.24, 2.45) is 0 Å². The Bertz CT molecular complexity index is 889. The van der Waals surface area contributed by atoms with Crippen molar-refractivity contribution < 1.29 is 33.6 Å². The number of Topliss-reactive ketones (excluding diaryl/α,β-unsaturated/α-hetero) is 1. The summed E-state index contributed by atoms with van der Waals surface area (Å²) in [5, 5.41) is 8.56. The molecule has 0 spiro atoms. The molecule has 7 heteroatoms. The lowest BCUT2D eigenvalue weighted by molar-refractivity contribution is -0.139. The first-order chi connectivity index (χ1) is 16.1. The van der Waals surface area contributed by atoms with Gasteiger partial charge in [-0.3, -0.25) is 4.79 Å². The first-order valence-electron chi connectivity index (χ1n) is 10.7. The second-order valence-corrected chi connectivity index (χ2v) is 6.86. The van der Waals surface area contributed by atoms with E-state index in [-0.39, 0.29) is 25.6 Å². The van der Waals surface area contributed by atoms with Crippen LogP contribution in [0.15, 0.2) is 67.3 Å². The zero-order chi connectivity index (χ0) is 23.7. The highest BCUT2D eigenvalue weighted by molar-refractivity contribution is 6.28. The summed E-state index contributed by atoms with van der Waals surface area (Å²) in [6, 6.07) is 16.2. The van der Waals surface area contributed by atoms with Crippen LogP contribution in [0.1, 0.15) is 21.5 Å². The number of hydrogen-bond acceptors (Lipinski definition) is 7. The molecule has 0 aliphatic heterocycles. The van der Waals surface area contributed by atoms with Gasteiger partial charge in [-0.2, -0.15) is 0 Å². The van der Waals surface area contributed by atoms with Crippen LogP contribution in [0.25, 0.3) is 11.6 Å². The van der Waals surface area contributed by atoms with Crippen LogP contribution in [0.3, 0.4) is 0 Å². The number of aliphatic hydroxyl groups excluding tert-OH is 1. The van der Waals surface area contributed by atoms with E-state index >= 15 is 0 Å². The molecule has 1 N–H and O–H groups in total. The maximum atomic E-state index is 12.6. The molecular formula is C26H30O7. The minimum Gasteiger partial charge on any atom is -0.460 e. The summed E-state index contributed by atoms with van der Waals surface area (Å²) in [6.07, 6.45) is 2.95. The molecule has 33 heavy (non-hydrogen) atoms. The second kappa shape index (κ2) is 15.7. The van der Waals surface area contributed by atoms with Crippen LogP contribution in [0, 0.1) is 0 Å². The third-order valence-corrected chi connectivity index (χ3v) is 4.43. The molecule has 0 amide bonds. The van der Waals surface area contributed by atoms with Crippen LogP contribution in [0.5, 0.6) is 0 Å². The fraction of sp³-hybridized carbons (Fsp3) is 0.308. The maximum Gasteiger partial charge on any atom is 0.330 e. The number of carbonyl (C=O) groups is 2. The van der Waals surface area contributed by atoms with Gasteiger partial charge in [0.05, 0.1) is 46.2 Å². The molecule has 0 atom stereocenters.